The molecule has 1 aliphatic carbocycles. The van der Waals surface area contributed by atoms with E-state index >= 15 is 0 Å². The summed E-state index contributed by atoms with van der Waals surface area (Å²) in [5.74, 6) is -0.0484. The van der Waals surface area contributed by atoms with Crippen molar-refractivity contribution in [2.24, 2.45) is 5.41 Å². The minimum Gasteiger partial charge on any atom is -0.493 e. The molecule has 0 saturated carbocycles. The molecule has 1 aromatic rings. The van der Waals surface area contributed by atoms with Crippen LogP contribution in [0.3, 0.4) is 0 Å². The second-order valence-corrected chi connectivity index (χ2v) is 9.31. The maximum absolute atomic E-state index is 13.4. The summed E-state index contributed by atoms with van der Waals surface area (Å²) < 4.78 is 11.6. The highest BCUT2D eigenvalue weighted by molar-refractivity contribution is 6.04. The third-order valence-electron chi connectivity index (χ3n) is 5.88. The first-order chi connectivity index (χ1) is 14.8. The highest BCUT2D eigenvalue weighted by atomic mass is 16.5. The standard InChI is InChI=1S/C26H35NO4/c1-6-8-14-31-25(29)22-17(3)27-19-15-26(4,5)16-20(28)24(19)23(22)18-11-9-10-12-21(18)30-13-7-2/h9-12,23,27H,6-8,13-16H2,1-5H3/t23-/m0/s1. The van der Waals surface area contributed by atoms with E-state index in [0.29, 0.717) is 36.5 Å². The molecule has 168 valence electrons. The average molecular weight is 426 g/mol. The van der Waals surface area contributed by atoms with Gasteiger partial charge in [0.15, 0.2) is 5.78 Å². The molecule has 0 unspecified atom stereocenters. The van der Waals surface area contributed by atoms with E-state index in [-0.39, 0.29) is 17.2 Å². The van der Waals surface area contributed by atoms with Crippen LogP contribution < -0.4 is 10.1 Å². The van der Waals surface area contributed by atoms with Crippen LogP contribution in [0.15, 0.2) is 46.8 Å². The first-order valence-electron chi connectivity index (χ1n) is 11.4. The zero-order chi connectivity index (χ0) is 22.6. The molecule has 5 heteroatoms. The van der Waals surface area contributed by atoms with E-state index < -0.39 is 5.92 Å². The fraction of sp³-hybridized carbons (Fsp3) is 0.538. The minimum atomic E-state index is -0.484. The van der Waals surface area contributed by atoms with Crippen LogP contribution in [0.4, 0.5) is 0 Å². The number of dihydropyridines is 1. The van der Waals surface area contributed by atoms with E-state index in [1.807, 2.05) is 31.2 Å². The van der Waals surface area contributed by atoms with Gasteiger partial charge < -0.3 is 14.8 Å². The number of ether oxygens (including phenoxy) is 2. The normalized spacial score (nSPS) is 20.3. The molecule has 1 aliphatic heterocycles. The highest BCUT2D eigenvalue weighted by Crippen LogP contribution is 2.48. The van der Waals surface area contributed by atoms with Crippen molar-refractivity contribution in [1.29, 1.82) is 0 Å². The van der Waals surface area contributed by atoms with Crippen molar-refractivity contribution < 1.29 is 19.1 Å². The SMILES string of the molecule is CCCCOC(=O)C1=C(C)NC2=C(C(=O)CC(C)(C)C2)[C@H]1c1ccccc1OCCC. The Labute approximate surface area is 185 Å². The van der Waals surface area contributed by atoms with Crippen LogP contribution in [-0.2, 0) is 14.3 Å². The fourth-order valence-electron chi connectivity index (χ4n) is 4.47. The number of hydrogen-bond acceptors (Lipinski definition) is 5. The van der Waals surface area contributed by atoms with Gasteiger partial charge in [0.2, 0.25) is 0 Å². The lowest BCUT2D eigenvalue weighted by atomic mass is 9.68. The van der Waals surface area contributed by atoms with E-state index in [2.05, 4.69) is 33.0 Å². The van der Waals surface area contributed by atoms with Crippen LogP contribution in [0.25, 0.3) is 0 Å². The Morgan fingerprint density at radius 1 is 1.13 bits per heavy atom. The summed E-state index contributed by atoms with van der Waals surface area (Å²) in [6, 6.07) is 7.74. The van der Waals surface area contributed by atoms with Crippen LogP contribution in [0.2, 0.25) is 0 Å². The van der Waals surface area contributed by atoms with Gasteiger partial charge in [-0.1, -0.05) is 52.3 Å². The van der Waals surface area contributed by atoms with Crippen LogP contribution >= 0.6 is 0 Å². The zero-order valence-corrected chi connectivity index (χ0v) is 19.5. The number of carbonyl (C=O) groups excluding carboxylic acids is 2. The lowest BCUT2D eigenvalue weighted by Gasteiger charge is -2.39. The van der Waals surface area contributed by atoms with E-state index in [4.69, 9.17) is 9.47 Å². The summed E-state index contributed by atoms with van der Waals surface area (Å²) in [6.45, 7) is 11.2. The summed E-state index contributed by atoms with van der Waals surface area (Å²) in [4.78, 5) is 26.6. The van der Waals surface area contributed by atoms with E-state index in [1.54, 1.807) is 0 Å². The monoisotopic (exact) mass is 425 g/mol. The Balaban J connectivity index is 2.12. The predicted molar refractivity (Wildman–Crippen MR) is 122 cm³/mol. The molecule has 0 amide bonds. The quantitative estimate of drug-likeness (QED) is 0.445. The number of para-hydroxylation sites is 1. The number of benzene rings is 1. The molecule has 0 saturated heterocycles. The van der Waals surface area contributed by atoms with Crippen molar-refractivity contribution >= 4 is 11.8 Å². The van der Waals surface area contributed by atoms with Crippen molar-refractivity contribution in [1.82, 2.24) is 5.32 Å². The molecule has 5 nitrogen and oxygen atoms in total. The van der Waals surface area contributed by atoms with Gasteiger partial charge in [-0.2, -0.15) is 0 Å². The van der Waals surface area contributed by atoms with Gasteiger partial charge in [0.25, 0.3) is 0 Å². The van der Waals surface area contributed by atoms with Crippen molar-refractivity contribution in [3.63, 3.8) is 0 Å². The summed E-state index contributed by atoms with van der Waals surface area (Å²) in [5.41, 5.74) is 3.58. The van der Waals surface area contributed by atoms with Gasteiger partial charge in [-0.3, -0.25) is 4.79 Å². The molecule has 0 bridgehead atoms. The second kappa shape index (κ2) is 9.71. The number of hydrogen-bond donors (Lipinski definition) is 1. The molecule has 0 fully saturated rings. The molecular weight excluding hydrogens is 390 g/mol. The number of carbonyl (C=O) groups is 2. The largest absolute Gasteiger partial charge is 0.493 e. The summed E-state index contributed by atoms with van der Waals surface area (Å²) in [6.07, 6.45) is 3.86. The zero-order valence-electron chi connectivity index (χ0n) is 19.5. The summed E-state index contributed by atoms with van der Waals surface area (Å²) >= 11 is 0. The van der Waals surface area contributed by atoms with Gasteiger partial charge in [-0.15, -0.1) is 0 Å². The van der Waals surface area contributed by atoms with Crippen molar-refractivity contribution in [3.8, 4) is 5.75 Å². The molecular formula is C26H35NO4. The lowest BCUT2D eigenvalue weighted by Crippen LogP contribution is -2.38. The average Bonchev–Trinajstić information content (AvgIpc) is 2.70. The molecule has 0 radical (unpaired) electrons. The van der Waals surface area contributed by atoms with Gasteiger partial charge in [0, 0.05) is 29.0 Å². The molecule has 0 spiro atoms. The Bertz CT molecular complexity index is 910. The van der Waals surface area contributed by atoms with Gasteiger partial charge >= 0.3 is 5.97 Å². The Kier molecular flexibility index (Phi) is 7.24. The predicted octanol–water partition coefficient (Wildman–Crippen LogP) is 5.42. The molecule has 1 heterocycles. The van der Waals surface area contributed by atoms with Gasteiger partial charge in [0.1, 0.15) is 5.75 Å². The maximum Gasteiger partial charge on any atom is 0.336 e. The first-order valence-corrected chi connectivity index (χ1v) is 11.4. The number of nitrogens with one attached hydrogen (secondary N) is 1. The minimum absolute atomic E-state index is 0.0837. The maximum atomic E-state index is 13.4. The smallest absolute Gasteiger partial charge is 0.336 e. The molecule has 1 aromatic carbocycles. The number of ketones is 1. The first kappa shape index (κ1) is 23.1. The topological polar surface area (TPSA) is 64.6 Å². The molecule has 1 atom stereocenters. The fourth-order valence-corrected chi connectivity index (χ4v) is 4.47. The Morgan fingerprint density at radius 3 is 2.58 bits per heavy atom. The Hall–Kier alpha value is -2.56. The summed E-state index contributed by atoms with van der Waals surface area (Å²) in [7, 11) is 0. The van der Waals surface area contributed by atoms with Gasteiger partial charge in [-0.25, -0.2) is 4.79 Å². The van der Waals surface area contributed by atoms with Crippen LogP contribution in [-0.4, -0.2) is 25.0 Å². The van der Waals surface area contributed by atoms with Crippen LogP contribution in [0.5, 0.6) is 5.75 Å². The number of esters is 1. The third-order valence-corrected chi connectivity index (χ3v) is 5.88. The van der Waals surface area contributed by atoms with Crippen molar-refractivity contribution in [2.75, 3.05) is 13.2 Å². The molecule has 0 aromatic heterocycles. The highest BCUT2D eigenvalue weighted by Gasteiger charge is 2.43. The van der Waals surface area contributed by atoms with Crippen LogP contribution in [0.1, 0.15) is 78.2 Å². The van der Waals surface area contributed by atoms with Crippen molar-refractivity contribution in [3.05, 3.63) is 52.4 Å². The van der Waals surface area contributed by atoms with Gasteiger partial charge in [-0.05, 0) is 37.7 Å². The molecule has 1 N–H and O–H groups in total. The molecule has 3 rings (SSSR count). The Morgan fingerprint density at radius 2 is 1.87 bits per heavy atom. The number of rotatable bonds is 8. The van der Waals surface area contributed by atoms with Crippen LogP contribution in [0, 0.1) is 5.41 Å². The number of unbranched alkanes of at least 4 members (excludes halogenated alkanes) is 1. The van der Waals surface area contributed by atoms with E-state index in [1.165, 1.54) is 0 Å². The third kappa shape index (κ3) is 5.03. The number of allylic oxidation sites excluding steroid dienone is 3. The molecule has 31 heavy (non-hydrogen) atoms. The summed E-state index contributed by atoms with van der Waals surface area (Å²) in [5, 5.41) is 3.38. The van der Waals surface area contributed by atoms with Crippen molar-refractivity contribution in [2.45, 2.75) is 72.6 Å². The number of Topliss-reactive ketones (excluding diaryl/α,β-unsaturated/α-hetero) is 1. The molecule has 2 aliphatic rings. The van der Waals surface area contributed by atoms with E-state index in [0.717, 1.165) is 42.6 Å². The lowest BCUT2D eigenvalue weighted by molar-refractivity contribution is -0.139. The second-order valence-electron chi connectivity index (χ2n) is 9.31. The van der Waals surface area contributed by atoms with E-state index in [9.17, 15) is 9.59 Å². The van der Waals surface area contributed by atoms with Gasteiger partial charge in [0.05, 0.1) is 24.7 Å².